The number of aromatic nitrogens is 1. The Morgan fingerprint density at radius 3 is 3.25 bits per heavy atom. The second-order valence-electron chi connectivity index (χ2n) is 4.66. The summed E-state index contributed by atoms with van der Waals surface area (Å²) in [4.78, 5) is 7.02. The zero-order valence-electron chi connectivity index (χ0n) is 9.52. The van der Waals surface area contributed by atoms with Crippen molar-refractivity contribution in [3.63, 3.8) is 0 Å². The summed E-state index contributed by atoms with van der Waals surface area (Å²) in [6, 6.07) is 4.30. The molecule has 0 aliphatic carbocycles. The Hall–Kier alpha value is -1.09. The number of hydrogen-bond donors (Lipinski definition) is 0. The molecule has 1 aliphatic heterocycles. The minimum absolute atomic E-state index is 0.796. The summed E-state index contributed by atoms with van der Waals surface area (Å²) < 4.78 is 1.35. The van der Waals surface area contributed by atoms with Crippen LogP contribution in [0.3, 0.4) is 0 Å². The Morgan fingerprint density at radius 2 is 2.38 bits per heavy atom. The van der Waals surface area contributed by atoms with Crippen LogP contribution in [0.5, 0.6) is 0 Å². The van der Waals surface area contributed by atoms with Crippen molar-refractivity contribution >= 4 is 27.2 Å². The van der Waals surface area contributed by atoms with Crippen LogP contribution in [0.2, 0.25) is 0 Å². The SMILES string of the molecule is CC1CCCN(c2nccc3sccc23)C1. The van der Waals surface area contributed by atoms with Crippen molar-refractivity contribution in [2.24, 2.45) is 5.92 Å². The van der Waals surface area contributed by atoms with Crippen LogP contribution < -0.4 is 4.90 Å². The van der Waals surface area contributed by atoms with Crippen LogP contribution in [0.25, 0.3) is 10.1 Å². The van der Waals surface area contributed by atoms with Crippen LogP contribution in [-0.2, 0) is 0 Å². The lowest BCUT2D eigenvalue weighted by Crippen LogP contribution is -2.34. The van der Waals surface area contributed by atoms with Crippen LogP contribution in [0.15, 0.2) is 23.7 Å². The lowest BCUT2D eigenvalue weighted by atomic mass is 10.0. The molecule has 0 amide bonds. The molecule has 0 spiro atoms. The van der Waals surface area contributed by atoms with Gasteiger partial charge in [-0.25, -0.2) is 4.98 Å². The van der Waals surface area contributed by atoms with Gasteiger partial charge in [0.2, 0.25) is 0 Å². The normalized spacial score (nSPS) is 21.6. The number of rotatable bonds is 1. The minimum Gasteiger partial charge on any atom is -0.356 e. The molecule has 0 N–H and O–H groups in total. The third-order valence-corrected chi connectivity index (χ3v) is 4.20. The Labute approximate surface area is 99.9 Å². The van der Waals surface area contributed by atoms with Crippen molar-refractivity contribution in [3.8, 4) is 0 Å². The topological polar surface area (TPSA) is 16.1 Å². The Morgan fingerprint density at radius 1 is 1.44 bits per heavy atom. The van der Waals surface area contributed by atoms with E-state index in [2.05, 4.69) is 34.3 Å². The van der Waals surface area contributed by atoms with E-state index >= 15 is 0 Å². The maximum absolute atomic E-state index is 4.57. The van der Waals surface area contributed by atoms with Gasteiger partial charge < -0.3 is 4.90 Å². The van der Waals surface area contributed by atoms with Gasteiger partial charge in [0.25, 0.3) is 0 Å². The lowest BCUT2D eigenvalue weighted by molar-refractivity contribution is 0.445. The molecule has 1 fully saturated rings. The number of thiophene rings is 1. The summed E-state index contributed by atoms with van der Waals surface area (Å²) in [5, 5.41) is 3.48. The summed E-state index contributed by atoms with van der Waals surface area (Å²) in [6.45, 7) is 4.65. The van der Waals surface area contributed by atoms with Crippen LogP contribution in [-0.4, -0.2) is 18.1 Å². The van der Waals surface area contributed by atoms with E-state index in [1.54, 1.807) is 11.3 Å². The first-order valence-corrected chi connectivity index (χ1v) is 6.80. The molecule has 0 aromatic carbocycles. The maximum Gasteiger partial charge on any atom is 0.137 e. The highest BCUT2D eigenvalue weighted by Gasteiger charge is 2.19. The van der Waals surface area contributed by atoms with Crippen molar-refractivity contribution in [2.75, 3.05) is 18.0 Å². The molecule has 3 heteroatoms. The average Bonchev–Trinajstić information content (AvgIpc) is 2.76. The van der Waals surface area contributed by atoms with Gasteiger partial charge >= 0.3 is 0 Å². The van der Waals surface area contributed by atoms with Gasteiger partial charge in [0, 0.05) is 29.4 Å². The highest BCUT2D eigenvalue weighted by atomic mass is 32.1. The predicted octanol–water partition coefficient (Wildman–Crippen LogP) is 3.53. The molecule has 0 radical (unpaired) electrons. The smallest absolute Gasteiger partial charge is 0.137 e. The Kier molecular flexibility index (Phi) is 2.56. The molecule has 16 heavy (non-hydrogen) atoms. The van der Waals surface area contributed by atoms with E-state index in [9.17, 15) is 0 Å². The first-order chi connectivity index (χ1) is 7.84. The molecule has 1 aliphatic rings. The third-order valence-electron chi connectivity index (χ3n) is 3.32. The van der Waals surface area contributed by atoms with Crippen LogP contribution in [0, 0.1) is 5.92 Å². The van der Waals surface area contributed by atoms with Gasteiger partial charge in [-0.15, -0.1) is 11.3 Å². The van der Waals surface area contributed by atoms with E-state index in [0.29, 0.717) is 0 Å². The molecular formula is C13H16N2S. The van der Waals surface area contributed by atoms with Gasteiger partial charge in [-0.3, -0.25) is 0 Å². The van der Waals surface area contributed by atoms with Crippen molar-refractivity contribution in [1.82, 2.24) is 4.98 Å². The van der Waals surface area contributed by atoms with E-state index in [4.69, 9.17) is 0 Å². The summed E-state index contributed by atoms with van der Waals surface area (Å²) in [5.41, 5.74) is 0. The quantitative estimate of drug-likeness (QED) is 0.747. The molecule has 2 aromatic heterocycles. The number of fused-ring (bicyclic) bond motifs is 1. The third kappa shape index (κ3) is 1.69. The zero-order chi connectivity index (χ0) is 11.0. The van der Waals surface area contributed by atoms with Crippen molar-refractivity contribution in [1.29, 1.82) is 0 Å². The van der Waals surface area contributed by atoms with Crippen molar-refractivity contribution in [2.45, 2.75) is 19.8 Å². The largest absolute Gasteiger partial charge is 0.356 e. The Balaban J connectivity index is 2.01. The number of piperidine rings is 1. The summed E-state index contributed by atoms with van der Waals surface area (Å²) in [7, 11) is 0. The number of anilines is 1. The maximum atomic E-state index is 4.57. The molecule has 3 heterocycles. The van der Waals surface area contributed by atoms with Crippen molar-refractivity contribution < 1.29 is 0 Å². The van der Waals surface area contributed by atoms with E-state index in [0.717, 1.165) is 19.0 Å². The minimum atomic E-state index is 0.796. The highest BCUT2D eigenvalue weighted by Crippen LogP contribution is 2.30. The van der Waals surface area contributed by atoms with E-state index in [1.807, 2.05) is 6.20 Å². The fraction of sp³-hybridized carbons (Fsp3) is 0.462. The molecule has 2 aromatic rings. The second-order valence-corrected chi connectivity index (χ2v) is 5.61. The number of pyridine rings is 1. The lowest BCUT2D eigenvalue weighted by Gasteiger charge is -2.32. The fourth-order valence-electron chi connectivity index (χ4n) is 2.51. The predicted molar refractivity (Wildman–Crippen MR) is 70.2 cm³/mol. The molecule has 3 rings (SSSR count). The molecule has 84 valence electrons. The summed E-state index contributed by atoms with van der Waals surface area (Å²) >= 11 is 1.80. The molecule has 1 saturated heterocycles. The van der Waals surface area contributed by atoms with E-state index in [1.165, 1.54) is 28.7 Å². The van der Waals surface area contributed by atoms with Crippen LogP contribution >= 0.6 is 11.3 Å². The standard InChI is InChI=1S/C13H16N2S/c1-10-3-2-7-15(9-10)13-11-5-8-16-12(11)4-6-14-13/h4-6,8,10H,2-3,7,9H2,1H3. The average molecular weight is 232 g/mol. The number of nitrogens with zero attached hydrogens (tertiary/aromatic N) is 2. The van der Waals surface area contributed by atoms with E-state index < -0.39 is 0 Å². The zero-order valence-corrected chi connectivity index (χ0v) is 10.3. The molecule has 0 saturated carbocycles. The van der Waals surface area contributed by atoms with E-state index in [-0.39, 0.29) is 0 Å². The molecule has 2 nitrogen and oxygen atoms in total. The highest BCUT2D eigenvalue weighted by molar-refractivity contribution is 7.17. The fourth-order valence-corrected chi connectivity index (χ4v) is 3.29. The molecule has 0 bridgehead atoms. The first-order valence-electron chi connectivity index (χ1n) is 5.92. The second kappa shape index (κ2) is 4.06. The van der Waals surface area contributed by atoms with Crippen LogP contribution in [0.4, 0.5) is 5.82 Å². The van der Waals surface area contributed by atoms with Gasteiger partial charge in [0.05, 0.1) is 0 Å². The summed E-state index contributed by atoms with van der Waals surface area (Å²) in [6.07, 6.45) is 4.59. The Bertz CT molecular complexity index is 491. The molecular weight excluding hydrogens is 216 g/mol. The number of hydrogen-bond acceptors (Lipinski definition) is 3. The van der Waals surface area contributed by atoms with Gasteiger partial charge in [0.15, 0.2) is 0 Å². The monoisotopic (exact) mass is 232 g/mol. The van der Waals surface area contributed by atoms with Gasteiger partial charge in [-0.05, 0) is 36.3 Å². The van der Waals surface area contributed by atoms with Gasteiger partial charge in [-0.1, -0.05) is 6.92 Å². The van der Waals surface area contributed by atoms with Gasteiger partial charge in [-0.2, -0.15) is 0 Å². The first kappa shape index (κ1) is 10.1. The van der Waals surface area contributed by atoms with Gasteiger partial charge in [0.1, 0.15) is 5.82 Å². The van der Waals surface area contributed by atoms with Crippen molar-refractivity contribution in [3.05, 3.63) is 23.7 Å². The molecule has 1 atom stereocenters. The summed E-state index contributed by atoms with van der Waals surface area (Å²) in [5.74, 6) is 1.98. The molecule has 1 unspecified atom stereocenters. The van der Waals surface area contributed by atoms with Crippen LogP contribution in [0.1, 0.15) is 19.8 Å².